The van der Waals surface area contributed by atoms with Crippen LogP contribution < -0.4 is 14.8 Å². The quantitative estimate of drug-likeness (QED) is 0.738. The van der Waals surface area contributed by atoms with Crippen molar-refractivity contribution in [3.05, 3.63) is 29.4 Å². The molecule has 28 heavy (non-hydrogen) atoms. The molecule has 1 aromatic heterocycles. The summed E-state index contributed by atoms with van der Waals surface area (Å²) >= 11 is 1.18. The number of methoxy groups -OCH3 is 1. The highest BCUT2D eigenvalue weighted by molar-refractivity contribution is 7.88. The maximum atomic E-state index is 13.6. The topological polar surface area (TPSA) is 97.4 Å². The highest BCUT2D eigenvalue weighted by Gasteiger charge is 2.42. The SMILES string of the molecule is COc1ccc(F)cc1-c1csc(NC(=O)C2(NS(C)(=O)=O)CCCCC2)n1. The Morgan fingerprint density at radius 1 is 1.29 bits per heavy atom. The molecule has 2 N–H and O–H groups in total. The van der Waals surface area contributed by atoms with E-state index < -0.39 is 27.3 Å². The Morgan fingerprint density at radius 2 is 2.00 bits per heavy atom. The molecule has 1 aliphatic rings. The normalized spacial score (nSPS) is 16.5. The molecule has 1 saturated carbocycles. The smallest absolute Gasteiger partial charge is 0.247 e. The Labute approximate surface area is 167 Å². The average molecular weight is 428 g/mol. The summed E-state index contributed by atoms with van der Waals surface area (Å²) in [4.78, 5) is 17.3. The van der Waals surface area contributed by atoms with Crippen LogP contribution in [-0.2, 0) is 14.8 Å². The maximum Gasteiger partial charge on any atom is 0.247 e. The minimum absolute atomic E-state index is 0.312. The first-order valence-electron chi connectivity index (χ1n) is 8.82. The summed E-state index contributed by atoms with van der Waals surface area (Å²) in [6.07, 6.45) is 4.40. The lowest BCUT2D eigenvalue weighted by molar-refractivity contribution is -0.122. The molecule has 0 unspecified atom stereocenters. The van der Waals surface area contributed by atoms with Crippen molar-refractivity contribution in [2.45, 2.75) is 37.6 Å². The van der Waals surface area contributed by atoms with E-state index in [1.54, 1.807) is 5.38 Å². The largest absolute Gasteiger partial charge is 0.496 e. The van der Waals surface area contributed by atoms with Crippen molar-refractivity contribution in [1.29, 1.82) is 0 Å². The number of hydrogen-bond donors (Lipinski definition) is 2. The molecular weight excluding hydrogens is 405 g/mol. The molecule has 2 aromatic rings. The molecular formula is C18H22FN3O4S2. The number of carbonyl (C=O) groups excluding carboxylic acids is 1. The van der Waals surface area contributed by atoms with Crippen LogP contribution in [0.25, 0.3) is 11.3 Å². The van der Waals surface area contributed by atoms with E-state index in [0.717, 1.165) is 25.5 Å². The number of carbonyl (C=O) groups is 1. The third kappa shape index (κ3) is 4.68. The fourth-order valence-corrected chi connectivity index (χ4v) is 5.15. The zero-order valence-electron chi connectivity index (χ0n) is 15.6. The molecule has 0 radical (unpaired) electrons. The van der Waals surface area contributed by atoms with Crippen LogP contribution in [0.5, 0.6) is 5.75 Å². The van der Waals surface area contributed by atoms with Gasteiger partial charge in [0.05, 0.1) is 19.1 Å². The zero-order valence-corrected chi connectivity index (χ0v) is 17.3. The van der Waals surface area contributed by atoms with Crippen LogP contribution in [0.3, 0.4) is 0 Å². The van der Waals surface area contributed by atoms with E-state index in [-0.39, 0.29) is 0 Å². The van der Waals surface area contributed by atoms with Crippen LogP contribution in [0.4, 0.5) is 9.52 Å². The lowest BCUT2D eigenvalue weighted by Gasteiger charge is -2.35. The average Bonchev–Trinajstić information content (AvgIpc) is 3.09. The summed E-state index contributed by atoms with van der Waals surface area (Å²) in [5.41, 5.74) is -0.236. The number of amides is 1. The number of ether oxygens (including phenoxy) is 1. The number of benzene rings is 1. The first-order chi connectivity index (χ1) is 13.2. The summed E-state index contributed by atoms with van der Waals surface area (Å²) in [6, 6.07) is 4.11. The van der Waals surface area contributed by atoms with Gasteiger partial charge in [-0.1, -0.05) is 19.3 Å². The minimum atomic E-state index is -3.56. The Morgan fingerprint density at radius 3 is 2.64 bits per heavy atom. The van der Waals surface area contributed by atoms with E-state index in [1.165, 1.54) is 36.6 Å². The molecule has 0 saturated heterocycles. The van der Waals surface area contributed by atoms with Gasteiger partial charge in [-0.15, -0.1) is 11.3 Å². The van der Waals surface area contributed by atoms with Crippen molar-refractivity contribution in [2.75, 3.05) is 18.7 Å². The number of rotatable bonds is 6. The third-order valence-corrected chi connectivity index (χ3v) is 6.20. The van der Waals surface area contributed by atoms with E-state index in [0.29, 0.717) is 35.0 Å². The van der Waals surface area contributed by atoms with Crippen LogP contribution in [-0.4, -0.2) is 38.2 Å². The Bertz CT molecular complexity index is 969. The van der Waals surface area contributed by atoms with Gasteiger partial charge in [0, 0.05) is 10.9 Å². The van der Waals surface area contributed by atoms with E-state index in [1.807, 2.05) is 0 Å². The summed E-state index contributed by atoms with van der Waals surface area (Å²) in [7, 11) is -2.08. The fraction of sp³-hybridized carbons (Fsp3) is 0.444. The molecule has 1 aromatic carbocycles. The zero-order chi connectivity index (χ0) is 20.4. The molecule has 1 aliphatic carbocycles. The highest BCUT2D eigenvalue weighted by atomic mass is 32.2. The van der Waals surface area contributed by atoms with Crippen molar-refractivity contribution < 1.29 is 22.3 Å². The molecule has 10 heteroatoms. The van der Waals surface area contributed by atoms with E-state index in [4.69, 9.17) is 4.74 Å². The van der Waals surface area contributed by atoms with Gasteiger partial charge < -0.3 is 10.1 Å². The molecule has 152 valence electrons. The van der Waals surface area contributed by atoms with Gasteiger partial charge in [-0.3, -0.25) is 4.79 Å². The molecule has 0 aliphatic heterocycles. The molecule has 7 nitrogen and oxygen atoms in total. The van der Waals surface area contributed by atoms with E-state index >= 15 is 0 Å². The number of sulfonamides is 1. The second-order valence-electron chi connectivity index (χ2n) is 6.85. The minimum Gasteiger partial charge on any atom is -0.496 e. The number of nitrogens with one attached hydrogen (secondary N) is 2. The number of thiazole rings is 1. The summed E-state index contributed by atoms with van der Waals surface area (Å²) < 4.78 is 45.0. The van der Waals surface area contributed by atoms with Crippen molar-refractivity contribution in [3.8, 4) is 17.0 Å². The summed E-state index contributed by atoms with van der Waals surface area (Å²) in [6.45, 7) is 0. The second-order valence-corrected chi connectivity index (χ2v) is 9.46. The number of hydrogen-bond acceptors (Lipinski definition) is 6. The lowest BCUT2D eigenvalue weighted by atomic mass is 9.82. The number of halogens is 1. The van der Waals surface area contributed by atoms with Gasteiger partial charge in [0.15, 0.2) is 5.13 Å². The number of nitrogens with zero attached hydrogens (tertiary/aromatic N) is 1. The Hall–Kier alpha value is -2.04. The van der Waals surface area contributed by atoms with Crippen LogP contribution in [0.2, 0.25) is 0 Å². The number of aromatic nitrogens is 1. The van der Waals surface area contributed by atoms with Gasteiger partial charge in [-0.2, -0.15) is 4.72 Å². The van der Waals surface area contributed by atoms with E-state index in [9.17, 15) is 17.6 Å². The Balaban J connectivity index is 1.84. The van der Waals surface area contributed by atoms with Gasteiger partial charge in [0.1, 0.15) is 17.1 Å². The number of anilines is 1. The molecule has 1 fully saturated rings. The summed E-state index contributed by atoms with van der Waals surface area (Å²) in [5, 5.41) is 4.72. The van der Waals surface area contributed by atoms with Gasteiger partial charge in [0.2, 0.25) is 15.9 Å². The predicted molar refractivity (Wildman–Crippen MR) is 106 cm³/mol. The first kappa shape index (κ1) is 20.7. The lowest BCUT2D eigenvalue weighted by Crippen LogP contribution is -2.57. The highest BCUT2D eigenvalue weighted by Crippen LogP contribution is 2.34. The molecule has 0 atom stereocenters. The molecule has 1 heterocycles. The molecule has 3 rings (SSSR count). The van der Waals surface area contributed by atoms with Crippen molar-refractivity contribution in [3.63, 3.8) is 0 Å². The maximum absolute atomic E-state index is 13.6. The molecule has 0 spiro atoms. The fourth-order valence-electron chi connectivity index (χ4n) is 3.44. The van der Waals surface area contributed by atoms with Gasteiger partial charge in [-0.05, 0) is 31.0 Å². The van der Waals surface area contributed by atoms with Gasteiger partial charge in [-0.25, -0.2) is 17.8 Å². The van der Waals surface area contributed by atoms with E-state index in [2.05, 4.69) is 15.0 Å². The van der Waals surface area contributed by atoms with Crippen molar-refractivity contribution in [2.24, 2.45) is 0 Å². The van der Waals surface area contributed by atoms with Crippen LogP contribution in [0, 0.1) is 5.82 Å². The van der Waals surface area contributed by atoms with Crippen molar-refractivity contribution in [1.82, 2.24) is 9.71 Å². The van der Waals surface area contributed by atoms with Gasteiger partial charge >= 0.3 is 0 Å². The standard InChI is InChI=1S/C18H22FN3O4S2/c1-26-15-7-6-12(19)10-13(15)14-11-27-17(20-14)21-16(23)18(22-28(2,24)25)8-4-3-5-9-18/h6-7,10-11,22H,3-5,8-9H2,1-2H3,(H,20,21,23). The monoisotopic (exact) mass is 427 g/mol. The van der Waals surface area contributed by atoms with Crippen LogP contribution in [0.15, 0.2) is 23.6 Å². The van der Waals surface area contributed by atoms with Gasteiger partial charge in [0.25, 0.3) is 0 Å². The third-order valence-electron chi connectivity index (χ3n) is 4.68. The van der Waals surface area contributed by atoms with Crippen LogP contribution >= 0.6 is 11.3 Å². The Kier molecular flexibility index (Phi) is 6.01. The molecule has 0 bridgehead atoms. The van der Waals surface area contributed by atoms with Crippen molar-refractivity contribution >= 4 is 32.4 Å². The molecule has 1 amide bonds. The second kappa shape index (κ2) is 8.14. The van der Waals surface area contributed by atoms with Crippen LogP contribution in [0.1, 0.15) is 32.1 Å². The predicted octanol–water partition coefficient (Wildman–Crippen LogP) is 3.15. The first-order valence-corrected chi connectivity index (χ1v) is 11.6. The summed E-state index contributed by atoms with van der Waals surface area (Å²) in [5.74, 6) is -0.385.